The Morgan fingerprint density at radius 2 is 2.57 bits per heavy atom. The van der Waals surface area contributed by atoms with E-state index in [1.54, 1.807) is 6.33 Å². The lowest BCUT2D eigenvalue weighted by atomic mass is 9.96. The van der Waals surface area contributed by atoms with Gasteiger partial charge < -0.3 is 9.30 Å². The summed E-state index contributed by atoms with van der Waals surface area (Å²) in [7, 11) is 1.43. The molecule has 1 aromatic rings. The van der Waals surface area contributed by atoms with Gasteiger partial charge in [0.1, 0.15) is 4.60 Å². The fraction of sp³-hybridized carbons (Fsp3) is 0.556. The zero-order valence-corrected chi connectivity index (χ0v) is 9.45. The largest absolute Gasteiger partial charge is 0.469 e. The third-order valence-corrected chi connectivity index (χ3v) is 3.25. The number of imidazole rings is 1. The highest BCUT2D eigenvalue weighted by Gasteiger charge is 2.27. The Hall–Kier alpha value is -0.840. The standard InChI is InChI=1S/C9H11BrN2O2/c1-14-9(13)6-2-3-12-5-11-8(10)7(12)4-6/h5-6H,2-4H2,1H3. The SMILES string of the molecule is COC(=O)C1CCn2cnc(Br)c2C1. The number of esters is 1. The van der Waals surface area contributed by atoms with Crippen LogP contribution in [-0.4, -0.2) is 22.6 Å². The third-order valence-electron chi connectivity index (χ3n) is 2.59. The number of carbonyl (C=O) groups is 1. The van der Waals surface area contributed by atoms with Crippen molar-refractivity contribution in [2.45, 2.75) is 19.4 Å². The summed E-state index contributed by atoms with van der Waals surface area (Å²) in [6.07, 6.45) is 3.35. The highest BCUT2D eigenvalue weighted by atomic mass is 79.9. The van der Waals surface area contributed by atoms with Gasteiger partial charge in [0.2, 0.25) is 0 Å². The molecule has 0 amide bonds. The van der Waals surface area contributed by atoms with Crippen molar-refractivity contribution in [1.29, 1.82) is 0 Å². The van der Waals surface area contributed by atoms with E-state index < -0.39 is 0 Å². The number of carbonyl (C=O) groups excluding carboxylic acids is 1. The summed E-state index contributed by atoms with van der Waals surface area (Å²) < 4.78 is 7.65. The molecule has 0 aliphatic carbocycles. The molecule has 0 bridgehead atoms. The minimum atomic E-state index is -0.121. The number of ether oxygens (including phenoxy) is 1. The molecule has 76 valence electrons. The number of hydrogen-bond donors (Lipinski definition) is 0. The second kappa shape index (κ2) is 3.73. The first kappa shape index (κ1) is 9.71. The highest BCUT2D eigenvalue weighted by Crippen LogP contribution is 2.26. The smallest absolute Gasteiger partial charge is 0.309 e. The van der Waals surface area contributed by atoms with Gasteiger partial charge in [0.15, 0.2) is 0 Å². The van der Waals surface area contributed by atoms with E-state index in [9.17, 15) is 4.79 Å². The lowest BCUT2D eigenvalue weighted by molar-refractivity contribution is -0.146. The second-order valence-electron chi connectivity index (χ2n) is 3.39. The number of rotatable bonds is 1. The van der Waals surface area contributed by atoms with E-state index in [1.165, 1.54) is 7.11 Å². The molecule has 14 heavy (non-hydrogen) atoms. The normalized spacial score (nSPS) is 20.3. The Labute approximate surface area is 90.4 Å². The molecule has 0 fully saturated rings. The first-order chi connectivity index (χ1) is 6.72. The summed E-state index contributed by atoms with van der Waals surface area (Å²) in [6, 6.07) is 0. The van der Waals surface area contributed by atoms with Crippen molar-refractivity contribution in [3.05, 3.63) is 16.6 Å². The van der Waals surface area contributed by atoms with E-state index in [1.807, 2.05) is 0 Å². The van der Waals surface area contributed by atoms with E-state index in [0.717, 1.165) is 23.3 Å². The van der Waals surface area contributed by atoms with Crippen LogP contribution in [0.5, 0.6) is 0 Å². The molecule has 1 aromatic heterocycles. The number of hydrogen-bond acceptors (Lipinski definition) is 3. The Kier molecular flexibility index (Phi) is 2.58. The number of fused-ring (bicyclic) bond motifs is 1. The molecular formula is C9H11BrN2O2. The molecule has 0 radical (unpaired) electrons. The molecule has 1 aliphatic heterocycles. The van der Waals surface area contributed by atoms with Gasteiger partial charge in [0, 0.05) is 13.0 Å². The summed E-state index contributed by atoms with van der Waals surface area (Å²) >= 11 is 3.37. The monoisotopic (exact) mass is 258 g/mol. The van der Waals surface area contributed by atoms with Gasteiger partial charge in [0.05, 0.1) is 25.0 Å². The third kappa shape index (κ3) is 1.56. The molecule has 0 N–H and O–H groups in total. The fourth-order valence-electron chi connectivity index (χ4n) is 1.78. The molecule has 4 nitrogen and oxygen atoms in total. The lowest BCUT2D eigenvalue weighted by Gasteiger charge is -2.21. The van der Waals surface area contributed by atoms with E-state index >= 15 is 0 Å². The molecule has 0 spiro atoms. The maximum Gasteiger partial charge on any atom is 0.309 e. The van der Waals surface area contributed by atoms with E-state index in [2.05, 4.69) is 25.5 Å². The van der Waals surface area contributed by atoms with E-state index in [4.69, 9.17) is 4.74 Å². The number of nitrogens with zero attached hydrogens (tertiary/aromatic N) is 2. The van der Waals surface area contributed by atoms with Gasteiger partial charge in [0.25, 0.3) is 0 Å². The number of aryl methyl sites for hydroxylation is 1. The Morgan fingerprint density at radius 3 is 3.29 bits per heavy atom. The summed E-state index contributed by atoms with van der Waals surface area (Å²) in [5, 5.41) is 0. The number of aromatic nitrogens is 2. The summed E-state index contributed by atoms with van der Waals surface area (Å²) in [5.74, 6) is -0.134. The summed E-state index contributed by atoms with van der Waals surface area (Å²) in [4.78, 5) is 15.5. The maximum atomic E-state index is 11.3. The van der Waals surface area contributed by atoms with Crippen LogP contribution in [0.15, 0.2) is 10.9 Å². The van der Waals surface area contributed by atoms with Crippen LogP contribution in [0.2, 0.25) is 0 Å². The number of halogens is 1. The Bertz CT molecular complexity index is 362. The predicted octanol–water partition coefficient (Wildman–Crippen LogP) is 1.38. The minimum Gasteiger partial charge on any atom is -0.469 e. The van der Waals surface area contributed by atoms with Crippen molar-refractivity contribution in [1.82, 2.24) is 9.55 Å². The van der Waals surface area contributed by atoms with Gasteiger partial charge in [-0.1, -0.05) is 0 Å². The minimum absolute atomic E-state index is 0.0134. The van der Waals surface area contributed by atoms with Crippen molar-refractivity contribution < 1.29 is 9.53 Å². The molecular weight excluding hydrogens is 248 g/mol. The fourth-order valence-corrected chi connectivity index (χ4v) is 2.26. The Balaban J connectivity index is 2.20. The average molecular weight is 259 g/mol. The van der Waals surface area contributed by atoms with Crippen LogP contribution in [-0.2, 0) is 22.5 Å². The van der Waals surface area contributed by atoms with Crippen LogP contribution in [0, 0.1) is 5.92 Å². The lowest BCUT2D eigenvalue weighted by Crippen LogP contribution is -2.26. The van der Waals surface area contributed by atoms with Crippen LogP contribution in [0.1, 0.15) is 12.1 Å². The Morgan fingerprint density at radius 1 is 1.79 bits per heavy atom. The second-order valence-corrected chi connectivity index (χ2v) is 4.14. The van der Waals surface area contributed by atoms with Crippen molar-refractivity contribution in [2.24, 2.45) is 5.92 Å². The van der Waals surface area contributed by atoms with Crippen molar-refractivity contribution in [3.8, 4) is 0 Å². The van der Waals surface area contributed by atoms with Crippen molar-refractivity contribution in [2.75, 3.05) is 7.11 Å². The van der Waals surface area contributed by atoms with Crippen LogP contribution >= 0.6 is 15.9 Å². The van der Waals surface area contributed by atoms with Crippen LogP contribution in [0.3, 0.4) is 0 Å². The summed E-state index contributed by atoms with van der Waals surface area (Å²) in [5.41, 5.74) is 1.09. The number of methoxy groups -OCH3 is 1. The topological polar surface area (TPSA) is 44.1 Å². The first-order valence-electron chi connectivity index (χ1n) is 4.49. The molecule has 0 aromatic carbocycles. The van der Waals surface area contributed by atoms with Gasteiger partial charge in [-0.25, -0.2) is 4.98 Å². The van der Waals surface area contributed by atoms with Crippen LogP contribution < -0.4 is 0 Å². The van der Waals surface area contributed by atoms with Gasteiger partial charge in [-0.05, 0) is 22.4 Å². The highest BCUT2D eigenvalue weighted by molar-refractivity contribution is 9.10. The summed E-state index contributed by atoms with van der Waals surface area (Å²) in [6.45, 7) is 0.841. The van der Waals surface area contributed by atoms with Gasteiger partial charge in [-0.3, -0.25) is 4.79 Å². The average Bonchev–Trinajstić information content (AvgIpc) is 2.59. The zero-order chi connectivity index (χ0) is 10.1. The maximum absolute atomic E-state index is 11.3. The molecule has 2 rings (SSSR count). The van der Waals surface area contributed by atoms with Gasteiger partial charge in [-0.2, -0.15) is 0 Å². The van der Waals surface area contributed by atoms with E-state index in [0.29, 0.717) is 6.42 Å². The van der Waals surface area contributed by atoms with Gasteiger partial charge >= 0.3 is 5.97 Å². The van der Waals surface area contributed by atoms with Crippen molar-refractivity contribution >= 4 is 21.9 Å². The van der Waals surface area contributed by atoms with Gasteiger partial charge in [-0.15, -0.1) is 0 Å². The molecule has 0 saturated carbocycles. The quantitative estimate of drug-likeness (QED) is 0.716. The van der Waals surface area contributed by atoms with Crippen LogP contribution in [0.25, 0.3) is 0 Å². The molecule has 1 atom stereocenters. The molecule has 1 aliphatic rings. The molecule has 2 heterocycles. The first-order valence-corrected chi connectivity index (χ1v) is 5.29. The molecule has 5 heteroatoms. The molecule has 1 unspecified atom stereocenters. The van der Waals surface area contributed by atoms with Crippen molar-refractivity contribution in [3.63, 3.8) is 0 Å². The predicted molar refractivity (Wildman–Crippen MR) is 53.8 cm³/mol. The zero-order valence-electron chi connectivity index (χ0n) is 7.86. The van der Waals surface area contributed by atoms with Crippen LogP contribution in [0.4, 0.5) is 0 Å². The van der Waals surface area contributed by atoms with E-state index in [-0.39, 0.29) is 11.9 Å². The molecule has 0 saturated heterocycles.